The van der Waals surface area contributed by atoms with Crippen LogP contribution in [0.15, 0.2) is 95.8 Å². The summed E-state index contributed by atoms with van der Waals surface area (Å²) in [5.74, 6) is -1.05. The molecule has 0 unspecified atom stereocenters. The number of halogens is 3. The van der Waals surface area contributed by atoms with Crippen molar-refractivity contribution in [2.24, 2.45) is 0 Å². The van der Waals surface area contributed by atoms with Crippen molar-refractivity contribution < 1.29 is 36.8 Å². The number of alkyl halides is 3. The van der Waals surface area contributed by atoms with Crippen molar-refractivity contribution in [3.63, 3.8) is 0 Å². The van der Waals surface area contributed by atoms with E-state index in [1.54, 1.807) is 48.5 Å². The molecule has 41 heavy (non-hydrogen) atoms. The Morgan fingerprint density at radius 3 is 2.17 bits per heavy atom. The molecule has 3 aromatic carbocycles. The maximum atomic E-state index is 13.6. The minimum absolute atomic E-state index is 0.00312. The zero-order chi connectivity index (χ0) is 29.0. The number of ether oxygens (including phenoxy) is 2. The van der Waals surface area contributed by atoms with Crippen LogP contribution in [-0.2, 0) is 19.4 Å². The molecule has 2 heterocycles. The van der Waals surface area contributed by atoms with Crippen LogP contribution < -0.4 is 14.2 Å². The average Bonchev–Trinajstić information content (AvgIpc) is 3.46. The van der Waals surface area contributed by atoms with Gasteiger partial charge in [0.1, 0.15) is 18.8 Å². The van der Waals surface area contributed by atoms with E-state index in [1.807, 2.05) is 12.1 Å². The molecule has 0 atom stereocenters. The Balaban J connectivity index is 1.56. The van der Waals surface area contributed by atoms with Gasteiger partial charge in [-0.1, -0.05) is 65.8 Å². The van der Waals surface area contributed by atoms with Crippen LogP contribution in [0.5, 0.6) is 11.5 Å². The molecule has 0 saturated heterocycles. The highest BCUT2D eigenvalue weighted by atomic mass is 19.4. The molecule has 0 N–H and O–H groups in total. The van der Waals surface area contributed by atoms with E-state index in [1.165, 1.54) is 6.07 Å². The maximum Gasteiger partial charge on any atom is 0.417 e. The smallest absolute Gasteiger partial charge is 0.417 e. The summed E-state index contributed by atoms with van der Waals surface area (Å²) in [5, 5.41) is 27.4. The number of nitro groups is 1. The van der Waals surface area contributed by atoms with Gasteiger partial charge in [0, 0.05) is 12.1 Å². The van der Waals surface area contributed by atoms with Crippen molar-refractivity contribution in [1.29, 1.82) is 0 Å². The fraction of sp³-hybridized carbons (Fsp3) is 0.107. The molecule has 0 aliphatic heterocycles. The van der Waals surface area contributed by atoms with Gasteiger partial charge in [0.2, 0.25) is 11.6 Å². The van der Waals surface area contributed by atoms with Crippen LogP contribution in [0.4, 0.5) is 18.9 Å². The zero-order valence-electron chi connectivity index (χ0n) is 20.9. The Bertz CT molecular complexity index is 1680. The number of nitrogens with zero attached hydrogens (tertiary/aromatic N) is 4. The van der Waals surface area contributed by atoms with E-state index in [-0.39, 0.29) is 40.9 Å². The summed E-state index contributed by atoms with van der Waals surface area (Å²) < 4.78 is 57.8. The third-order valence-corrected chi connectivity index (χ3v) is 5.85. The van der Waals surface area contributed by atoms with Crippen LogP contribution in [0.25, 0.3) is 22.8 Å². The van der Waals surface area contributed by atoms with Gasteiger partial charge in [-0.15, -0.1) is 0 Å². The van der Waals surface area contributed by atoms with Crippen LogP contribution >= 0.6 is 0 Å². The van der Waals surface area contributed by atoms with Gasteiger partial charge in [-0.2, -0.15) is 22.9 Å². The number of nitro benzene ring substituents is 1. The topological polar surface area (TPSA) is 127 Å². The van der Waals surface area contributed by atoms with Gasteiger partial charge in [-0.3, -0.25) is 10.1 Å². The lowest BCUT2D eigenvalue weighted by molar-refractivity contribution is -0.605. The standard InChI is InChI=1S/C28H19F3N4O6/c29-28(30,31)22-11-12-34(36)15-21(22)26-32-27(41-33-26)20-13-23(35(37)38)25(40-17-19-9-5-2-6-10-19)24(14-20)39-16-18-7-3-1-4-8-18/h1-15H,16-17H2. The highest BCUT2D eigenvalue weighted by Crippen LogP contribution is 2.42. The van der Waals surface area contributed by atoms with Crippen LogP contribution in [0, 0.1) is 15.3 Å². The highest BCUT2D eigenvalue weighted by molar-refractivity contribution is 5.70. The van der Waals surface area contributed by atoms with E-state index >= 15 is 0 Å². The van der Waals surface area contributed by atoms with Gasteiger partial charge in [-0.05, 0) is 17.2 Å². The molecule has 2 aromatic heterocycles. The van der Waals surface area contributed by atoms with Gasteiger partial charge in [0.25, 0.3) is 5.89 Å². The Kier molecular flexibility index (Phi) is 7.50. The quantitative estimate of drug-likeness (QED) is 0.0907. The molecule has 0 saturated carbocycles. The van der Waals surface area contributed by atoms with E-state index in [9.17, 15) is 28.5 Å². The monoisotopic (exact) mass is 564 g/mol. The van der Waals surface area contributed by atoms with Crippen LogP contribution in [0.2, 0.25) is 0 Å². The first-order chi connectivity index (χ1) is 19.7. The van der Waals surface area contributed by atoms with Gasteiger partial charge in [0.15, 0.2) is 18.1 Å². The first kappa shape index (κ1) is 27.1. The summed E-state index contributed by atoms with van der Waals surface area (Å²) >= 11 is 0. The summed E-state index contributed by atoms with van der Waals surface area (Å²) in [6.07, 6.45) is -3.45. The minimum Gasteiger partial charge on any atom is -0.619 e. The predicted molar refractivity (Wildman–Crippen MR) is 137 cm³/mol. The third kappa shape index (κ3) is 6.24. The summed E-state index contributed by atoms with van der Waals surface area (Å²) in [7, 11) is 0. The first-order valence-corrected chi connectivity index (χ1v) is 12.0. The minimum atomic E-state index is -4.81. The number of rotatable bonds is 9. The molecule has 0 aliphatic carbocycles. The van der Waals surface area contributed by atoms with E-state index in [2.05, 4.69) is 10.1 Å². The second kappa shape index (κ2) is 11.3. The lowest BCUT2D eigenvalue weighted by atomic mass is 10.1. The molecule has 0 aliphatic rings. The predicted octanol–water partition coefficient (Wildman–Crippen LogP) is 6.12. The lowest BCUT2D eigenvalue weighted by Gasteiger charge is -2.14. The van der Waals surface area contributed by atoms with E-state index in [0.29, 0.717) is 18.5 Å². The van der Waals surface area contributed by atoms with E-state index in [4.69, 9.17) is 14.0 Å². The van der Waals surface area contributed by atoms with E-state index in [0.717, 1.165) is 17.2 Å². The first-order valence-electron chi connectivity index (χ1n) is 12.0. The van der Waals surface area contributed by atoms with Crippen molar-refractivity contribution in [2.75, 3.05) is 0 Å². The molecule has 13 heteroatoms. The number of hydrogen-bond donors (Lipinski definition) is 0. The molecular formula is C28H19F3N4O6. The maximum absolute atomic E-state index is 13.6. The molecule has 5 rings (SSSR count). The fourth-order valence-corrected chi connectivity index (χ4v) is 3.92. The fourth-order valence-electron chi connectivity index (χ4n) is 3.92. The molecule has 5 aromatic rings. The normalized spacial score (nSPS) is 11.3. The average molecular weight is 564 g/mol. The molecule has 0 amide bonds. The van der Waals surface area contributed by atoms with Crippen molar-refractivity contribution in [2.45, 2.75) is 19.4 Å². The Morgan fingerprint density at radius 2 is 1.56 bits per heavy atom. The van der Waals surface area contributed by atoms with E-state index < -0.39 is 33.7 Å². The summed E-state index contributed by atoms with van der Waals surface area (Å²) in [6.45, 7) is 0.0253. The number of aromatic nitrogens is 3. The van der Waals surface area contributed by atoms with Gasteiger partial charge in [-0.25, -0.2) is 0 Å². The van der Waals surface area contributed by atoms with Crippen molar-refractivity contribution >= 4 is 5.69 Å². The SMILES string of the molecule is O=[N+]([O-])c1cc(-c2nc(-c3c[n+]([O-])ccc3C(F)(F)F)no2)cc(OCc2ccccc2)c1OCc1ccccc1. The molecule has 0 radical (unpaired) electrons. The summed E-state index contributed by atoms with van der Waals surface area (Å²) in [5.41, 5.74) is -0.758. The number of hydrogen-bond acceptors (Lipinski definition) is 8. The molecule has 208 valence electrons. The van der Waals surface area contributed by atoms with Crippen molar-refractivity contribution in [1.82, 2.24) is 10.1 Å². The van der Waals surface area contributed by atoms with Crippen molar-refractivity contribution in [3.05, 3.63) is 123 Å². The van der Waals surface area contributed by atoms with Crippen LogP contribution in [0.3, 0.4) is 0 Å². The van der Waals surface area contributed by atoms with Crippen molar-refractivity contribution in [3.8, 4) is 34.3 Å². The number of benzene rings is 3. The number of pyridine rings is 1. The molecule has 0 fully saturated rings. The van der Waals surface area contributed by atoms with Gasteiger partial charge >= 0.3 is 11.9 Å². The Morgan fingerprint density at radius 1 is 0.927 bits per heavy atom. The summed E-state index contributed by atoms with van der Waals surface area (Å²) in [6, 6.07) is 21.0. The zero-order valence-corrected chi connectivity index (χ0v) is 20.9. The highest BCUT2D eigenvalue weighted by Gasteiger charge is 2.37. The second-order valence-corrected chi connectivity index (χ2v) is 8.68. The lowest BCUT2D eigenvalue weighted by Crippen LogP contribution is -2.26. The second-order valence-electron chi connectivity index (χ2n) is 8.68. The Labute approximate surface area is 229 Å². The molecule has 0 bridgehead atoms. The third-order valence-electron chi connectivity index (χ3n) is 5.85. The Hall–Kier alpha value is -5.46. The van der Waals surface area contributed by atoms with Gasteiger partial charge < -0.3 is 19.2 Å². The molecule has 10 nitrogen and oxygen atoms in total. The molecule has 0 spiro atoms. The largest absolute Gasteiger partial charge is 0.619 e. The molecular weight excluding hydrogens is 545 g/mol. The summed E-state index contributed by atoms with van der Waals surface area (Å²) in [4.78, 5) is 15.4. The van der Waals surface area contributed by atoms with Crippen LogP contribution in [0.1, 0.15) is 16.7 Å². The van der Waals surface area contributed by atoms with Gasteiger partial charge in [0.05, 0.1) is 16.1 Å². The van der Waals surface area contributed by atoms with Crippen LogP contribution in [-0.4, -0.2) is 15.1 Å².